The molecule has 1 aliphatic carbocycles. The quantitative estimate of drug-likeness (QED) is 0.756. The number of sulfone groups is 1. The Bertz CT molecular complexity index is 1160. The second kappa shape index (κ2) is 6.97. The average Bonchev–Trinajstić information content (AvgIpc) is 2.67. The third-order valence-corrected chi connectivity index (χ3v) is 8.87. The summed E-state index contributed by atoms with van der Waals surface area (Å²) in [5.74, 6) is -0.713. The number of carbonyl (C=O) groups is 1. The van der Waals surface area contributed by atoms with E-state index in [-0.39, 0.29) is 29.5 Å². The molecule has 2 heterocycles. The van der Waals surface area contributed by atoms with Crippen LogP contribution < -0.4 is 5.73 Å². The van der Waals surface area contributed by atoms with Gasteiger partial charge < -0.3 is 5.73 Å². The van der Waals surface area contributed by atoms with Gasteiger partial charge in [-0.25, -0.2) is 12.8 Å². The van der Waals surface area contributed by atoms with Crippen LogP contribution in [0.2, 0.25) is 0 Å². The van der Waals surface area contributed by atoms with E-state index in [1.165, 1.54) is 12.1 Å². The van der Waals surface area contributed by atoms with Gasteiger partial charge in [0.2, 0.25) is 0 Å². The SMILES string of the molecule is CC1(C)C(N)=N[C@@]2(CCCc3ccc(CC(=O)c4ccc(F)cn4)cc32)CS1(=O)=O. The minimum absolute atomic E-state index is 0.0828. The molecule has 0 radical (unpaired) electrons. The van der Waals surface area contributed by atoms with Gasteiger partial charge in [0.25, 0.3) is 0 Å². The number of aromatic nitrogens is 1. The number of benzene rings is 1. The number of ketones is 1. The third-order valence-electron chi connectivity index (χ3n) is 6.25. The summed E-state index contributed by atoms with van der Waals surface area (Å²) >= 11 is 0. The van der Waals surface area contributed by atoms with E-state index in [1.54, 1.807) is 13.8 Å². The van der Waals surface area contributed by atoms with E-state index in [4.69, 9.17) is 10.7 Å². The zero-order chi connectivity index (χ0) is 21.7. The Labute approximate surface area is 175 Å². The van der Waals surface area contributed by atoms with Crippen LogP contribution in [0.25, 0.3) is 0 Å². The predicted molar refractivity (Wildman–Crippen MR) is 113 cm³/mol. The molecule has 0 amide bonds. The van der Waals surface area contributed by atoms with Gasteiger partial charge >= 0.3 is 0 Å². The summed E-state index contributed by atoms with van der Waals surface area (Å²) in [6.45, 7) is 3.17. The number of rotatable bonds is 3. The van der Waals surface area contributed by atoms with Crippen LogP contribution in [0.15, 0.2) is 41.5 Å². The molecule has 1 aliphatic heterocycles. The lowest BCUT2D eigenvalue weighted by Crippen LogP contribution is -2.56. The second-order valence-electron chi connectivity index (χ2n) is 8.60. The van der Waals surface area contributed by atoms with E-state index < -0.39 is 25.9 Å². The van der Waals surface area contributed by atoms with Crippen molar-refractivity contribution in [3.63, 3.8) is 0 Å². The number of carbonyl (C=O) groups excluding carboxylic acids is 1. The van der Waals surface area contributed by atoms with E-state index in [0.29, 0.717) is 6.42 Å². The summed E-state index contributed by atoms with van der Waals surface area (Å²) in [7, 11) is -3.51. The third kappa shape index (κ3) is 3.33. The van der Waals surface area contributed by atoms with Crippen LogP contribution >= 0.6 is 0 Å². The number of halogens is 1. The first-order valence-corrected chi connectivity index (χ1v) is 11.5. The summed E-state index contributed by atoms with van der Waals surface area (Å²) in [4.78, 5) is 21.1. The second-order valence-corrected chi connectivity index (χ2v) is 11.1. The largest absolute Gasteiger partial charge is 0.386 e. The molecule has 6 nitrogen and oxygen atoms in total. The van der Waals surface area contributed by atoms with Crippen molar-refractivity contribution in [2.75, 3.05) is 5.75 Å². The van der Waals surface area contributed by atoms with E-state index in [1.807, 2.05) is 18.2 Å². The number of pyridine rings is 1. The fraction of sp³-hybridized carbons (Fsp3) is 0.409. The van der Waals surface area contributed by atoms with Gasteiger partial charge in [-0.2, -0.15) is 0 Å². The minimum Gasteiger partial charge on any atom is -0.386 e. The molecule has 1 spiro atoms. The lowest BCUT2D eigenvalue weighted by atomic mass is 9.76. The lowest BCUT2D eigenvalue weighted by molar-refractivity contribution is 0.0988. The molecule has 0 fully saturated rings. The van der Waals surface area contributed by atoms with Crippen LogP contribution in [0.3, 0.4) is 0 Å². The van der Waals surface area contributed by atoms with Gasteiger partial charge in [-0.1, -0.05) is 18.2 Å². The van der Waals surface area contributed by atoms with Gasteiger partial charge in [0, 0.05) is 6.42 Å². The molecule has 2 aliphatic rings. The Hall–Kier alpha value is -2.61. The first-order chi connectivity index (χ1) is 14.0. The maximum Gasteiger partial charge on any atom is 0.185 e. The molecule has 2 N–H and O–H groups in total. The van der Waals surface area contributed by atoms with Gasteiger partial charge in [-0.05, 0) is 61.9 Å². The fourth-order valence-electron chi connectivity index (χ4n) is 4.23. The van der Waals surface area contributed by atoms with Crippen LogP contribution in [-0.4, -0.2) is 35.5 Å². The topological polar surface area (TPSA) is 102 Å². The molecule has 1 atom stereocenters. The van der Waals surface area contributed by atoms with Gasteiger partial charge in [0.05, 0.1) is 11.9 Å². The first kappa shape index (κ1) is 20.7. The normalized spacial score (nSPS) is 24.2. The molecule has 0 saturated carbocycles. The van der Waals surface area contributed by atoms with Crippen molar-refractivity contribution in [3.8, 4) is 0 Å². The van der Waals surface area contributed by atoms with Crippen molar-refractivity contribution >= 4 is 21.5 Å². The van der Waals surface area contributed by atoms with Gasteiger partial charge in [0.15, 0.2) is 15.6 Å². The molecule has 1 aromatic heterocycles. The summed E-state index contributed by atoms with van der Waals surface area (Å²) in [5, 5.41) is 0. The van der Waals surface area contributed by atoms with Crippen LogP contribution in [-0.2, 0) is 28.2 Å². The lowest BCUT2D eigenvalue weighted by Gasteiger charge is -2.43. The molecule has 8 heteroatoms. The maximum atomic E-state index is 13.1. The van der Waals surface area contributed by atoms with E-state index in [9.17, 15) is 17.6 Å². The number of aliphatic imine (C=N–C) groups is 1. The molecule has 2 aromatic rings. The molecular formula is C22H24FN3O3S. The zero-order valence-corrected chi connectivity index (χ0v) is 17.8. The maximum absolute atomic E-state index is 13.1. The molecule has 30 heavy (non-hydrogen) atoms. The predicted octanol–water partition coefficient (Wildman–Crippen LogP) is 2.74. The number of nitrogens with two attached hydrogens (primary N) is 1. The Morgan fingerprint density at radius 2 is 2.00 bits per heavy atom. The van der Waals surface area contributed by atoms with Crippen molar-refractivity contribution in [2.45, 2.75) is 49.8 Å². The summed E-state index contributed by atoms with van der Waals surface area (Å²) in [5.41, 5.74) is 8.00. The molecule has 158 valence electrons. The number of hydrogen-bond acceptors (Lipinski definition) is 6. The smallest absolute Gasteiger partial charge is 0.185 e. The highest BCUT2D eigenvalue weighted by atomic mass is 32.2. The summed E-state index contributed by atoms with van der Waals surface area (Å²) in [6.07, 6.45) is 3.33. The molecule has 0 unspecified atom stereocenters. The molecule has 0 bridgehead atoms. The average molecular weight is 430 g/mol. The van der Waals surface area contributed by atoms with Crippen LogP contribution in [0.4, 0.5) is 4.39 Å². The number of hydrogen-bond donors (Lipinski definition) is 1. The van der Waals surface area contributed by atoms with Gasteiger partial charge in [-0.15, -0.1) is 0 Å². The van der Waals surface area contributed by atoms with E-state index in [2.05, 4.69) is 4.98 Å². The number of aryl methyl sites for hydroxylation is 1. The van der Waals surface area contributed by atoms with Gasteiger partial charge in [0.1, 0.15) is 27.6 Å². The van der Waals surface area contributed by atoms with Crippen molar-refractivity contribution in [3.05, 3.63) is 64.7 Å². The minimum atomic E-state index is -3.51. The number of nitrogens with zero attached hydrogens (tertiary/aromatic N) is 2. The Morgan fingerprint density at radius 1 is 1.23 bits per heavy atom. The molecule has 4 rings (SSSR count). The number of Topliss-reactive ketones (excluding diaryl/α,β-unsaturated/α-hetero) is 1. The first-order valence-electron chi connectivity index (χ1n) is 9.89. The molecule has 1 aromatic carbocycles. The Kier molecular flexibility index (Phi) is 4.80. The highest BCUT2D eigenvalue weighted by Gasteiger charge is 2.51. The van der Waals surface area contributed by atoms with Crippen LogP contribution in [0, 0.1) is 5.82 Å². The van der Waals surface area contributed by atoms with Crippen LogP contribution in [0.5, 0.6) is 0 Å². The molecule has 0 saturated heterocycles. The monoisotopic (exact) mass is 429 g/mol. The zero-order valence-electron chi connectivity index (χ0n) is 17.0. The fourth-order valence-corrected chi connectivity index (χ4v) is 5.94. The molecular weight excluding hydrogens is 405 g/mol. The van der Waals surface area contributed by atoms with Gasteiger partial charge in [-0.3, -0.25) is 14.8 Å². The number of fused-ring (bicyclic) bond motifs is 2. The van der Waals surface area contributed by atoms with Crippen molar-refractivity contribution in [1.82, 2.24) is 4.98 Å². The van der Waals surface area contributed by atoms with E-state index in [0.717, 1.165) is 35.7 Å². The highest BCUT2D eigenvalue weighted by molar-refractivity contribution is 7.93. The standard InChI is InChI=1S/C22H24FN3O3S/c1-21(2)20(24)26-22(13-30(21,28)29)9-3-4-15-6-5-14(10-17(15)22)11-19(27)18-8-7-16(23)12-25-18/h5-8,10,12H,3-4,9,11,13H2,1-2H3,(H2,24,26)/t22-/m0/s1. The highest BCUT2D eigenvalue weighted by Crippen LogP contribution is 2.44. The van der Waals surface area contributed by atoms with Crippen molar-refractivity contribution in [1.29, 1.82) is 0 Å². The van der Waals surface area contributed by atoms with Crippen molar-refractivity contribution in [2.24, 2.45) is 10.7 Å². The van der Waals surface area contributed by atoms with Crippen LogP contribution in [0.1, 0.15) is 53.9 Å². The summed E-state index contributed by atoms with van der Waals surface area (Å²) in [6, 6.07) is 8.25. The Balaban J connectivity index is 1.73. The Morgan fingerprint density at radius 3 is 2.67 bits per heavy atom. The number of amidine groups is 1. The van der Waals surface area contributed by atoms with E-state index >= 15 is 0 Å². The summed E-state index contributed by atoms with van der Waals surface area (Å²) < 4.78 is 37.9. The van der Waals surface area contributed by atoms with Crippen molar-refractivity contribution < 1.29 is 17.6 Å².